The lowest BCUT2D eigenvalue weighted by molar-refractivity contribution is -0.146. The first-order chi connectivity index (χ1) is 7.99. The predicted molar refractivity (Wildman–Crippen MR) is 61.1 cm³/mol. The van der Waals surface area contributed by atoms with Gasteiger partial charge in [0.15, 0.2) is 0 Å². The van der Waals surface area contributed by atoms with Crippen molar-refractivity contribution in [2.45, 2.75) is 26.0 Å². The largest absolute Gasteiger partial charge is 0.487 e. The second-order valence-electron chi connectivity index (χ2n) is 3.80. The molecule has 0 aliphatic rings. The number of ether oxygens (including phenoxy) is 2. The highest BCUT2D eigenvalue weighted by atomic mass is 19.1. The number of rotatable bonds is 5. The maximum absolute atomic E-state index is 12.6. The Morgan fingerprint density at radius 2 is 1.94 bits per heavy atom. The molecule has 1 aromatic carbocycles. The van der Waals surface area contributed by atoms with Gasteiger partial charge in [-0.3, -0.25) is 4.79 Å². The molecule has 4 nitrogen and oxygen atoms in total. The Balaban J connectivity index is 2.37. The topological polar surface area (TPSA) is 61.6 Å². The molecule has 0 spiro atoms. The second-order valence-corrected chi connectivity index (χ2v) is 3.80. The summed E-state index contributed by atoms with van der Waals surface area (Å²) in [5.74, 6) is -0.274. The molecule has 2 N–H and O–H groups in total. The first-order valence-electron chi connectivity index (χ1n) is 5.33. The van der Waals surface area contributed by atoms with Gasteiger partial charge in [0.1, 0.15) is 30.3 Å². The van der Waals surface area contributed by atoms with Crippen LogP contribution in [0.15, 0.2) is 24.3 Å². The van der Waals surface area contributed by atoms with Gasteiger partial charge in [-0.25, -0.2) is 4.39 Å². The average Bonchev–Trinajstić information content (AvgIpc) is 2.29. The Morgan fingerprint density at radius 3 is 2.47 bits per heavy atom. The number of carbonyl (C=O) groups excluding carboxylic acids is 1. The molecule has 2 atom stereocenters. The number of halogens is 1. The molecule has 0 saturated carbocycles. The summed E-state index contributed by atoms with van der Waals surface area (Å²) >= 11 is 0. The van der Waals surface area contributed by atoms with Crippen LogP contribution in [-0.4, -0.2) is 24.7 Å². The van der Waals surface area contributed by atoms with Gasteiger partial charge in [0.25, 0.3) is 0 Å². The molecule has 0 bridgehead atoms. The summed E-state index contributed by atoms with van der Waals surface area (Å²) in [6.07, 6.45) is -0.317. The molecule has 5 heteroatoms. The van der Waals surface area contributed by atoms with Crippen molar-refractivity contribution in [3.63, 3.8) is 0 Å². The number of esters is 1. The van der Waals surface area contributed by atoms with E-state index in [2.05, 4.69) is 0 Å². The van der Waals surface area contributed by atoms with Crippen molar-refractivity contribution in [2.24, 2.45) is 5.73 Å². The summed E-state index contributed by atoms with van der Waals surface area (Å²) in [6, 6.07) is 4.98. The molecular weight excluding hydrogens is 225 g/mol. The predicted octanol–water partition coefficient (Wildman–Crippen LogP) is 1.48. The van der Waals surface area contributed by atoms with Crippen LogP contribution >= 0.6 is 0 Å². The molecule has 1 rings (SSSR count). The average molecular weight is 241 g/mol. The van der Waals surface area contributed by atoms with Crippen LogP contribution in [0.4, 0.5) is 4.39 Å². The summed E-state index contributed by atoms with van der Waals surface area (Å²) in [5.41, 5.74) is 5.33. The molecule has 0 aliphatic heterocycles. The van der Waals surface area contributed by atoms with Gasteiger partial charge in [0, 0.05) is 0 Å². The Bertz CT molecular complexity index is 365. The van der Waals surface area contributed by atoms with Gasteiger partial charge in [-0.15, -0.1) is 0 Å². The fourth-order valence-corrected chi connectivity index (χ4v) is 1.11. The van der Waals surface area contributed by atoms with Gasteiger partial charge >= 0.3 is 5.97 Å². The first-order valence-corrected chi connectivity index (χ1v) is 5.33. The van der Waals surface area contributed by atoms with E-state index in [1.54, 1.807) is 13.8 Å². The van der Waals surface area contributed by atoms with E-state index in [0.717, 1.165) is 0 Å². The van der Waals surface area contributed by atoms with Gasteiger partial charge in [-0.1, -0.05) is 0 Å². The number of carbonyl (C=O) groups is 1. The van der Waals surface area contributed by atoms with E-state index >= 15 is 0 Å². The Hall–Kier alpha value is -1.62. The smallest absolute Gasteiger partial charge is 0.322 e. The van der Waals surface area contributed by atoms with Gasteiger partial charge < -0.3 is 15.2 Å². The van der Waals surface area contributed by atoms with Crippen LogP contribution in [0, 0.1) is 5.82 Å². The minimum absolute atomic E-state index is 0.109. The number of nitrogens with two attached hydrogens (primary N) is 1. The first kappa shape index (κ1) is 13.4. The van der Waals surface area contributed by atoms with E-state index in [0.29, 0.717) is 5.75 Å². The van der Waals surface area contributed by atoms with E-state index in [-0.39, 0.29) is 18.5 Å². The van der Waals surface area contributed by atoms with E-state index in [9.17, 15) is 9.18 Å². The third-order valence-electron chi connectivity index (χ3n) is 1.98. The summed E-state index contributed by atoms with van der Waals surface area (Å²) in [7, 11) is 0. The zero-order valence-corrected chi connectivity index (χ0v) is 9.85. The lowest BCUT2D eigenvalue weighted by atomic mass is 10.3. The van der Waals surface area contributed by atoms with Crippen LogP contribution in [-0.2, 0) is 9.53 Å². The molecule has 0 fully saturated rings. The quantitative estimate of drug-likeness (QED) is 0.793. The Labute approximate surface area is 99.5 Å². The third-order valence-corrected chi connectivity index (χ3v) is 1.98. The van der Waals surface area contributed by atoms with E-state index in [4.69, 9.17) is 15.2 Å². The lowest BCUT2D eigenvalue weighted by Gasteiger charge is -2.15. The molecule has 0 amide bonds. The minimum Gasteiger partial charge on any atom is -0.487 e. The fourth-order valence-electron chi connectivity index (χ4n) is 1.11. The molecule has 0 aliphatic carbocycles. The van der Waals surface area contributed by atoms with E-state index < -0.39 is 12.0 Å². The fraction of sp³-hybridized carbons (Fsp3) is 0.417. The van der Waals surface area contributed by atoms with Gasteiger partial charge in [-0.2, -0.15) is 0 Å². The SMILES string of the molecule is C[C@H](N)C(=O)OC[C@H](C)Oc1ccc(F)cc1. The second kappa shape index (κ2) is 6.20. The normalized spacial score (nSPS) is 13.9. The van der Waals surface area contributed by atoms with Crippen molar-refractivity contribution in [2.75, 3.05) is 6.61 Å². The van der Waals surface area contributed by atoms with Crippen LogP contribution in [0.25, 0.3) is 0 Å². The van der Waals surface area contributed by atoms with E-state index in [1.807, 2.05) is 0 Å². The van der Waals surface area contributed by atoms with E-state index in [1.165, 1.54) is 24.3 Å². The van der Waals surface area contributed by atoms with Crippen LogP contribution in [0.5, 0.6) is 5.75 Å². The molecule has 0 saturated heterocycles. The van der Waals surface area contributed by atoms with Crippen molar-refractivity contribution in [1.82, 2.24) is 0 Å². The van der Waals surface area contributed by atoms with Gasteiger partial charge in [-0.05, 0) is 38.1 Å². The molecule has 0 unspecified atom stereocenters. The molecule has 94 valence electrons. The molecule has 0 heterocycles. The van der Waals surface area contributed by atoms with Crippen molar-refractivity contribution >= 4 is 5.97 Å². The third kappa shape index (κ3) is 4.82. The van der Waals surface area contributed by atoms with Crippen molar-refractivity contribution < 1.29 is 18.7 Å². The van der Waals surface area contributed by atoms with Gasteiger partial charge in [0.05, 0.1) is 0 Å². The zero-order valence-electron chi connectivity index (χ0n) is 9.85. The van der Waals surface area contributed by atoms with Crippen molar-refractivity contribution in [3.05, 3.63) is 30.1 Å². The number of hydrogen-bond acceptors (Lipinski definition) is 4. The van der Waals surface area contributed by atoms with Crippen LogP contribution < -0.4 is 10.5 Å². The van der Waals surface area contributed by atoms with Crippen LogP contribution in [0.3, 0.4) is 0 Å². The summed E-state index contributed by atoms with van der Waals surface area (Å²) < 4.78 is 22.9. The summed E-state index contributed by atoms with van der Waals surface area (Å²) in [4.78, 5) is 11.1. The Morgan fingerprint density at radius 1 is 1.35 bits per heavy atom. The molecule has 1 aromatic rings. The number of hydrogen-bond donors (Lipinski definition) is 1. The minimum atomic E-state index is -0.645. The maximum Gasteiger partial charge on any atom is 0.322 e. The summed E-state index contributed by atoms with van der Waals surface area (Å²) in [5, 5.41) is 0. The molecular formula is C12H16FNO3. The van der Waals surface area contributed by atoms with Crippen LogP contribution in [0.1, 0.15) is 13.8 Å². The monoisotopic (exact) mass is 241 g/mol. The van der Waals surface area contributed by atoms with Gasteiger partial charge in [0.2, 0.25) is 0 Å². The molecule has 0 aromatic heterocycles. The Kier molecular flexibility index (Phi) is 4.90. The number of benzene rings is 1. The zero-order chi connectivity index (χ0) is 12.8. The van der Waals surface area contributed by atoms with Crippen molar-refractivity contribution in [1.29, 1.82) is 0 Å². The highest BCUT2D eigenvalue weighted by molar-refractivity contribution is 5.74. The van der Waals surface area contributed by atoms with Crippen LogP contribution in [0.2, 0.25) is 0 Å². The highest BCUT2D eigenvalue weighted by Gasteiger charge is 2.12. The summed E-state index contributed by atoms with van der Waals surface area (Å²) in [6.45, 7) is 3.41. The lowest BCUT2D eigenvalue weighted by Crippen LogP contribution is -2.31. The maximum atomic E-state index is 12.6. The molecule has 0 radical (unpaired) electrons. The van der Waals surface area contributed by atoms with Crippen molar-refractivity contribution in [3.8, 4) is 5.75 Å². The molecule has 17 heavy (non-hydrogen) atoms. The highest BCUT2D eigenvalue weighted by Crippen LogP contribution is 2.13. The standard InChI is InChI=1S/C12H16FNO3/c1-8(7-16-12(15)9(2)14)17-11-5-3-10(13)4-6-11/h3-6,8-9H,7,14H2,1-2H3/t8-,9-/m0/s1.